The second kappa shape index (κ2) is 7.50. The Hall–Kier alpha value is -1.07. The first kappa shape index (κ1) is 16.0. The van der Waals surface area contributed by atoms with Crippen LogP contribution in [0.4, 0.5) is 0 Å². The number of ether oxygens (including phenoxy) is 1. The number of primary sulfonamides is 1. The standard InChI is InChI=1S/C14H23NO3S/c1-3-4-5-13-6-8-14(9-7-13)18-10-12(2)11-19(15,16)17/h6-9,12H,3-5,10-11H2,1-2H3,(H2,15,16,17). The smallest absolute Gasteiger partial charge is 0.209 e. The van der Waals surface area contributed by atoms with Crippen LogP contribution in [0.1, 0.15) is 32.3 Å². The molecule has 0 bridgehead atoms. The topological polar surface area (TPSA) is 69.4 Å². The van der Waals surface area contributed by atoms with Gasteiger partial charge in [0.25, 0.3) is 0 Å². The third kappa shape index (κ3) is 7.18. The average molecular weight is 285 g/mol. The molecule has 0 fully saturated rings. The van der Waals surface area contributed by atoms with E-state index in [1.54, 1.807) is 6.92 Å². The van der Waals surface area contributed by atoms with Crippen molar-refractivity contribution in [3.8, 4) is 5.75 Å². The highest BCUT2D eigenvalue weighted by Gasteiger charge is 2.11. The summed E-state index contributed by atoms with van der Waals surface area (Å²) in [6.07, 6.45) is 3.45. The molecule has 0 aliphatic carbocycles. The molecule has 1 unspecified atom stereocenters. The van der Waals surface area contributed by atoms with E-state index in [-0.39, 0.29) is 11.7 Å². The summed E-state index contributed by atoms with van der Waals surface area (Å²) in [6, 6.07) is 7.95. The molecule has 0 aliphatic rings. The molecule has 5 heteroatoms. The highest BCUT2D eigenvalue weighted by molar-refractivity contribution is 7.89. The van der Waals surface area contributed by atoms with Gasteiger partial charge in [-0.15, -0.1) is 0 Å². The Morgan fingerprint density at radius 3 is 2.42 bits per heavy atom. The van der Waals surface area contributed by atoms with Crippen LogP contribution in [0.25, 0.3) is 0 Å². The van der Waals surface area contributed by atoms with Gasteiger partial charge in [0.15, 0.2) is 0 Å². The van der Waals surface area contributed by atoms with Crippen LogP contribution in [-0.2, 0) is 16.4 Å². The van der Waals surface area contributed by atoms with Crippen LogP contribution < -0.4 is 9.88 Å². The minimum absolute atomic E-state index is 0.0540. The van der Waals surface area contributed by atoms with Gasteiger partial charge in [-0.3, -0.25) is 0 Å². The van der Waals surface area contributed by atoms with E-state index in [9.17, 15) is 8.42 Å². The van der Waals surface area contributed by atoms with Crippen LogP contribution in [0.3, 0.4) is 0 Å². The monoisotopic (exact) mass is 285 g/mol. The van der Waals surface area contributed by atoms with E-state index in [0.29, 0.717) is 6.61 Å². The summed E-state index contributed by atoms with van der Waals surface area (Å²) in [5, 5.41) is 4.99. The third-order valence-electron chi connectivity index (χ3n) is 2.79. The zero-order valence-electron chi connectivity index (χ0n) is 11.6. The molecule has 1 aromatic rings. The molecule has 0 amide bonds. The maximum atomic E-state index is 10.9. The van der Waals surface area contributed by atoms with Crippen LogP contribution >= 0.6 is 0 Å². The van der Waals surface area contributed by atoms with Gasteiger partial charge in [-0.2, -0.15) is 0 Å². The maximum absolute atomic E-state index is 10.9. The maximum Gasteiger partial charge on any atom is 0.209 e. The second-order valence-electron chi connectivity index (χ2n) is 4.99. The van der Waals surface area contributed by atoms with Crippen LogP contribution in [0.2, 0.25) is 0 Å². The van der Waals surface area contributed by atoms with Crippen molar-refractivity contribution < 1.29 is 13.2 Å². The number of sulfonamides is 1. The van der Waals surface area contributed by atoms with E-state index >= 15 is 0 Å². The first-order valence-corrected chi connectivity index (χ1v) is 8.34. The molecule has 0 heterocycles. The van der Waals surface area contributed by atoms with E-state index in [0.717, 1.165) is 12.2 Å². The highest BCUT2D eigenvalue weighted by Crippen LogP contribution is 2.15. The second-order valence-corrected chi connectivity index (χ2v) is 6.65. The predicted octanol–water partition coefficient (Wildman–Crippen LogP) is 2.33. The molecule has 1 atom stereocenters. The van der Waals surface area contributed by atoms with Gasteiger partial charge in [0.1, 0.15) is 5.75 Å². The molecule has 0 saturated carbocycles. The fraction of sp³-hybridized carbons (Fsp3) is 0.571. The number of nitrogens with two attached hydrogens (primary N) is 1. The van der Waals surface area contributed by atoms with Crippen LogP contribution in [0.15, 0.2) is 24.3 Å². The molecule has 2 N–H and O–H groups in total. The molecule has 0 aliphatic heterocycles. The summed E-state index contributed by atoms with van der Waals surface area (Å²) in [5.74, 6) is 0.595. The lowest BCUT2D eigenvalue weighted by Gasteiger charge is -2.12. The average Bonchev–Trinajstić information content (AvgIpc) is 2.33. The van der Waals surface area contributed by atoms with Crippen molar-refractivity contribution in [2.45, 2.75) is 33.1 Å². The molecule has 108 valence electrons. The van der Waals surface area contributed by atoms with Gasteiger partial charge >= 0.3 is 0 Å². The first-order chi connectivity index (χ1) is 8.90. The van der Waals surface area contributed by atoms with Crippen LogP contribution in [-0.4, -0.2) is 20.8 Å². The molecule has 0 aromatic heterocycles. The molecular weight excluding hydrogens is 262 g/mol. The Kier molecular flexibility index (Phi) is 6.31. The lowest BCUT2D eigenvalue weighted by Crippen LogP contribution is -2.25. The van der Waals surface area contributed by atoms with Crippen molar-refractivity contribution in [1.29, 1.82) is 0 Å². The molecule has 0 spiro atoms. The van der Waals surface area contributed by atoms with Gasteiger partial charge < -0.3 is 4.74 Å². The molecule has 19 heavy (non-hydrogen) atoms. The zero-order valence-corrected chi connectivity index (χ0v) is 12.4. The summed E-state index contributed by atoms with van der Waals surface area (Å²) in [4.78, 5) is 0. The largest absolute Gasteiger partial charge is 0.493 e. The predicted molar refractivity (Wildman–Crippen MR) is 77.7 cm³/mol. The Bertz CT molecular complexity index is 468. The molecule has 4 nitrogen and oxygen atoms in total. The Balaban J connectivity index is 2.41. The number of hydrogen-bond acceptors (Lipinski definition) is 3. The number of unbranched alkanes of at least 4 members (excludes halogenated alkanes) is 1. The summed E-state index contributed by atoms with van der Waals surface area (Å²) in [7, 11) is -3.42. The number of benzene rings is 1. The van der Waals surface area contributed by atoms with E-state index < -0.39 is 10.0 Å². The lowest BCUT2D eigenvalue weighted by atomic mass is 10.1. The third-order valence-corrected chi connectivity index (χ3v) is 3.83. The quantitative estimate of drug-likeness (QED) is 0.797. The molecule has 1 aromatic carbocycles. The van der Waals surface area contributed by atoms with E-state index in [4.69, 9.17) is 9.88 Å². The van der Waals surface area contributed by atoms with Gasteiger partial charge in [-0.1, -0.05) is 32.4 Å². The van der Waals surface area contributed by atoms with Gasteiger partial charge in [0.05, 0.1) is 12.4 Å². The fourth-order valence-electron chi connectivity index (χ4n) is 1.82. The van der Waals surface area contributed by atoms with Crippen LogP contribution in [0.5, 0.6) is 5.75 Å². The fourth-order valence-corrected chi connectivity index (χ4v) is 2.71. The normalized spacial score (nSPS) is 13.2. The van der Waals surface area contributed by atoms with Gasteiger partial charge in [-0.05, 0) is 30.5 Å². The number of aryl methyl sites for hydroxylation is 1. The number of hydrogen-bond donors (Lipinski definition) is 1. The minimum Gasteiger partial charge on any atom is -0.493 e. The minimum atomic E-state index is -3.42. The molecular formula is C14H23NO3S. The number of rotatable bonds is 8. The molecule has 0 radical (unpaired) electrons. The lowest BCUT2D eigenvalue weighted by molar-refractivity contribution is 0.272. The summed E-state index contributed by atoms with van der Waals surface area (Å²) < 4.78 is 27.4. The van der Waals surface area contributed by atoms with Crippen molar-refractivity contribution in [1.82, 2.24) is 0 Å². The summed E-state index contributed by atoms with van der Waals surface area (Å²) in [5.41, 5.74) is 1.30. The Morgan fingerprint density at radius 1 is 1.26 bits per heavy atom. The zero-order chi connectivity index (χ0) is 14.3. The van der Waals surface area contributed by atoms with Gasteiger partial charge in [-0.25, -0.2) is 13.6 Å². The molecule has 0 saturated heterocycles. The summed E-state index contributed by atoms with van der Waals surface area (Å²) in [6.45, 7) is 4.33. The summed E-state index contributed by atoms with van der Waals surface area (Å²) >= 11 is 0. The van der Waals surface area contributed by atoms with Crippen molar-refractivity contribution in [3.63, 3.8) is 0 Å². The van der Waals surface area contributed by atoms with Crippen molar-refractivity contribution >= 4 is 10.0 Å². The highest BCUT2D eigenvalue weighted by atomic mass is 32.2. The molecule has 1 rings (SSSR count). The van der Waals surface area contributed by atoms with E-state index in [1.165, 1.54) is 18.4 Å². The van der Waals surface area contributed by atoms with Crippen LogP contribution in [0, 0.1) is 5.92 Å². The van der Waals surface area contributed by atoms with Gasteiger partial charge in [0, 0.05) is 5.92 Å². The Morgan fingerprint density at radius 2 is 1.89 bits per heavy atom. The SMILES string of the molecule is CCCCc1ccc(OCC(C)CS(N)(=O)=O)cc1. The van der Waals surface area contributed by atoms with Crippen molar-refractivity contribution in [2.75, 3.05) is 12.4 Å². The van der Waals surface area contributed by atoms with Crippen molar-refractivity contribution in [2.24, 2.45) is 11.1 Å². The van der Waals surface area contributed by atoms with E-state index in [1.807, 2.05) is 12.1 Å². The van der Waals surface area contributed by atoms with Crippen molar-refractivity contribution in [3.05, 3.63) is 29.8 Å². The van der Waals surface area contributed by atoms with Gasteiger partial charge in [0.2, 0.25) is 10.0 Å². The van der Waals surface area contributed by atoms with E-state index in [2.05, 4.69) is 19.1 Å². The first-order valence-electron chi connectivity index (χ1n) is 6.63. The Labute approximate surface area is 116 Å².